The van der Waals surface area contributed by atoms with Gasteiger partial charge >= 0.3 is 0 Å². The normalized spacial score (nSPS) is 20.4. The fourth-order valence-corrected chi connectivity index (χ4v) is 4.82. The number of methoxy groups -OCH3 is 1. The molecule has 0 bridgehead atoms. The van der Waals surface area contributed by atoms with Crippen LogP contribution in [0.4, 0.5) is 10.1 Å². The Kier molecular flexibility index (Phi) is 6.70. The van der Waals surface area contributed by atoms with Crippen molar-refractivity contribution in [3.05, 3.63) is 59.4 Å². The van der Waals surface area contributed by atoms with Crippen LogP contribution in [0.15, 0.2) is 42.5 Å². The van der Waals surface area contributed by atoms with Gasteiger partial charge in [-0.1, -0.05) is 6.07 Å². The smallest absolute Gasteiger partial charge is 0.165 e. The summed E-state index contributed by atoms with van der Waals surface area (Å²) in [5, 5.41) is 9.13. The number of likely N-dealkylation sites (tertiary alicyclic amines) is 1. The summed E-state index contributed by atoms with van der Waals surface area (Å²) in [6.07, 6.45) is 0.426. The highest BCUT2D eigenvalue weighted by Gasteiger charge is 2.49. The van der Waals surface area contributed by atoms with Gasteiger partial charge in [0.25, 0.3) is 0 Å². The molecule has 1 spiro atoms. The molecule has 0 atom stereocenters. The van der Waals surface area contributed by atoms with Gasteiger partial charge in [-0.05, 0) is 42.0 Å². The molecule has 0 N–H and O–H groups in total. The van der Waals surface area contributed by atoms with E-state index in [1.807, 2.05) is 18.2 Å². The summed E-state index contributed by atoms with van der Waals surface area (Å²) in [5.41, 5.74) is 2.51. The zero-order chi connectivity index (χ0) is 23.5. The van der Waals surface area contributed by atoms with E-state index in [1.54, 1.807) is 18.2 Å². The predicted molar refractivity (Wildman–Crippen MR) is 124 cm³/mol. The van der Waals surface area contributed by atoms with Gasteiger partial charge in [-0.2, -0.15) is 5.26 Å². The number of halogens is 1. The first kappa shape index (κ1) is 23.1. The molecule has 3 aliphatic rings. The standard InChI is InChI=1S/C26H30FN3O4/c1-31-24-7-4-20(10-23(24)27)12-29(21-5-2-19(11-28)3-6-21)9-8-25-33-17-26(18-34-25)15-30(16-26)22-13-32-14-22/h2-7,10,22,25H,8-9,12-18H2,1H3. The van der Waals surface area contributed by atoms with Gasteiger partial charge in [-0.15, -0.1) is 0 Å². The summed E-state index contributed by atoms with van der Waals surface area (Å²) in [4.78, 5) is 4.61. The van der Waals surface area contributed by atoms with Crippen LogP contribution < -0.4 is 9.64 Å². The van der Waals surface area contributed by atoms with Crippen molar-refractivity contribution in [1.82, 2.24) is 4.90 Å². The van der Waals surface area contributed by atoms with Crippen LogP contribution >= 0.6 is 0 Å². The Balaban J connectivity index is 1.19. The van der Waals surface area contributed by atoms with Crippen molar-refractivity contribution in [1.29, 1.82) is 5.26 Å². The first-order chi connectivity index (χ1) is 16.6. The fraction of sp³-hybridized carbons (Fsp3) is 0.500. The SMILES string of the molecule is COc1ccc(CN(CCC2OCC3(CO2)CN(C2COC2)C3)c2ccc(C#N)cc2)cc1F. The number of ether oxygens (including phenoxy) is 4. The van der Waals surface area contributed by atoms with Crippen LogP contribution in [0.5, 0.6) is 5.75 Å². The zero-order valence-electron chi connectivity index (χ0n) is 19.4. The molecular formula is C26H30FN3O4. The summed E-state index contributed by atoms with van der Waals surface area (Å²) in [7, 11) is 1.46. The molecule has 2 aromatic rings. The molecule has 34 heavy (non-hydrogen) atoms. The lowest BCUT2D eigenvalue weighted by atomic mass is 9.79. The minimum Gasteiger partial charge on any atom is -0.494 e. The molecule has 3 saturated heterocycles. The van der Waals surface area contributed by atoms with E-state index in [-0.39, 0.29) is 23.3 Å². The molecule has 7 nitrogen and oxygen atoms in total. The van der Waals surface area contributed by atoms with E-state index in [0.29, 0.717) is 44.3 Å². The van der Waals surface area contributed by atoms with Crippen molar-refractivity contribution in [2.45, 2.75) is 25.3 Å². The van der Waals surface area contributed by atoms with Crippen LogP contribution in [-0.2, 0) is 20.8 Å². The summed E-state index contributed by atoms with van der Waals surface area (Å²) in [6, 6.07) is 15.2. The lowest BCUT2D eigenvalue weighted by molar-refractivity contribution is -0.269. The fourth-order valence-electron chi connectivity index (χ4n) is 4.82. The van der Waals surface area contributed by atoms with Crippen molar-refractivity contribution in [2.75, 3.05) is 58.1 Å². The van der Waals surface area contributed by atoms with E-state index in [1.165, 1.54) is 13.2 Å². The van der Waals surface area contributed by atoms with Crippen molar-refractivity contribution < 1.29 is 23.3 Å². The minimum atomic E-state index is -0.382. The van der Waals surface area contributed by atoms with Gasteiger partial charge in [0.05, 0.1) is 51.2 Å². The number of hydrogen-bond donors (Lipinski definition) is 0. The van der Waals surface area contributed by atoms with Gasteiger partial charge in [0, 0.05) is 43.7 Å². The number of benzene rings is 2. The Labute approximate surface area is 199 Å². The van der Waals surface area contributed by atoms with Crippen LogP contribution in [0.1, 0.15) is 17.5 Å². The third kappa shape index (κ3) is 4.89. The zero-order valence-corrected chi connectivity index (χ0v) is 19.4. The summed E-state index contributed by atoms with van der Waals surface area (Å²) in [6.45, 7) is 6.30. The summed E-state index contributed by atoms with van der Waals surface area (Å²) in [5.74, 6) is -0.155. The van der Waals surface area contributed by atoms with Crippen LogP contribution in [-0.4, -0.2) is 70.4 Å². The molecule has 2 aromatic carbocycles. The first-order valence-electron chi connectivity index (χ1n) is 11.7. The quantitative estimate of drug-likeness (QED) is 0.591. The van der Waals surface area contributed by atoms with Crippen LogP contribution in [0, 0.1) is 22.6 Å². The molecule has 0 unspecified atom stereocenters. The topological polar surface area (TPSA) is 67.2 Å². The monoisotopic (exact) mass is 467 g/mol. The molecule has 0 aliphatic carbocycles. The first-order valence-corrected chi connectivity index (χ1v) is 11.7. The highest BCUT2D eigenvalue weighted by Crippen LogP contribution is 2.37. The Hall–Kier alpha value is -2.70. The van der Waals surface area contributed by atoms with Gasteiger partial charge < -0.3 is 23.8 Å². The predicted octanol–water partition coefficient (Wildman–Crippen LogP) is 3.18. The summed E-state index contributed by atoms with van der Waals surface area (Å²) >= 11 is 0. The Bertz CT molecular complexity index is 1020. The highest BCUT2D eigenvalue weighted by molar-refractivity contribution is 5.50. The lowest BCUT2D eigenvalue weighted by Crippen LogP contribution is -2.68. The highest BCUT2D eigenvalue weighted by atomic mass is 19.1. The van der Waals surface area contributed by atoms with E-state index >= 15 is 0 Å². The van der Waals surface area contributed by atoms with E-state index in [0.717, 1.165) is 37.6 Å². The molecule has 0 radical (unpaired) electrons. The number of anilines is 1. The number of rotatable bonds is 8. The molecule has 180 valence electrons. The van der Waals surface area contributed by atoms with Crippen LogP contribution in [0.25, 0.3) is 0 Å². The number of nitriles is 1. The average Bonchev–Trinajstić information content (AvgIpc) is 2.81. The number of nitrogens with zero attached hydrogens (tertiary/aromatic N) is 3. The minimum absolute atomic E-state index is 0.111. The molecule has 0 amide bonds. The molecule has 0 aromatic heterocycles. The second kappa shape index (κ2) is 9.88. The average molecular weight is 468 g/mol. The molecule has 3 aliphatic heterocycles. The van der Waals surface area contributed by atoms with Gasteiger partial charge in [0.1, 0.15) is 0 Å². The van der Waals surface area contributed by atoms with Gasteiger partial charge in [-0.3, -0.25) is 4.90 Å². The molecular weight excluding hydrogens is 437 g/mol. The van der Waals surface area contributed by atoms with Crippen molar-refractivity contribution in [3.8, 4) is 11.8 Å². The summed E-state index contributed by atoms with van der Waals surface area (Å²) < 4.78 is 36.8. The van der Waals surface area contributed by atoms with E-state index in [9.17, 15) is 4.39 Å². The Morgan fingerprint density at radius 1 is 1.15 bits per heavy atom. The van der Waals surface area contributed by atoms with Gasteiger partial charge in [0.15, 0.2) is 17.9 Å². The Morgan fingerprint density at radius 3 is 2.47 bits per heavy atom. The molecule has 8 heteroatoms. The van der Waals surface area contributed by atoms with Crippen LogP contribution in [0.3, 0.4) is 0 Å². The molecule has 0 saturated carbocycles. The van der Waals surface area contributed by atoms with Gasteiger partial charge in [0.2, 0.25) is 0 Å². The van der Waals surface area contributed by atoms with Crippen molar-refractivity contribution in [3.63, 3.8) is 0 Å². The Morgan fingerprint density at radius 2 is 1.88 bits per heavy atom. The maximum Gasteiger partial charge on any atom is 0.165 e. The molecule has 5 rings (SSSR count). The van der Waals surface area contributed by atoms with Crippen LogP contribution in [0.2, 0.25) is 0 Å². The molecule has 3 heterocycles. The largest absolute Gasteiger partial charge is 0.494 e. The second-order valence-corrected chi connectivity index (χ2v) is 9.49. The van der Waals surface area contributed by atoms with Gasteiger partial charge in [-0.25, -0.2) is 4.39 Å². The van der Waals surface area contributed by atoms with E-state index in [2.05, 4.69) is 15.9 Å². The van der Waals surface area contributed by atoms with Crippen molar-refractivity contribution in [2.24, 2.45) is 5.41 Å². The number of hydrogen-bond acceptors (Lipinski definition) is 7. The second-order valence-electron chi connectivity index (χ2n) is 9.49. The van der Waals surface area contributed by atoms with E-state index in [4.69, 9.17) is 24.2 Å². The van der Waals surface area contributed by atoms with Crippen molar-refractivity contribution >= 4 is 5.69 Å². The maximum absolute atomic E-state index is 14.3. The maximum atomic E-state index is 14.3. The lowest BCUT2D eigenvalue weighted by Gasteiger charge is -2.56. The third-order valence-electron chi connectivity index (χ3n) is 6.95. The molecule has 3 fully saturated rings. The van der Waals surface area contributed by atoms with E-state index < -0.39 is 0 Å². The third-order valence-corrected chi connectivity index (χ3v) is 6.95.